The highest BCUT2D eigenvalue weighted by atomic mass is 32.1. The van der Waals surface area contributed by atoms with Gasteiger partial charge in [0.2, 0.25) is 0 Å². The Hall–Kier alpha value is -2.31. The van der Waals surface area contributed by atoms with Gasteiger partial charge in [0.1, 0.15) is 10.8 Å². The molecule has 2 aliphatic rings. The highest BCUT2D eigenvalue weighted by Gasteiger charge is 2.18. The Morgan fingerprint density at radius 2 is 1.91 bits per heavy atom. The van der Waals surface area contributed by atoms with Crippen molar-refractivity contribution in [2.24, 2.45) is 0 Å². The zero-order chi connectivity index (χ0) is 16.4. The summed E-state index contributed by atoms with van der Waals surface area (Å²) in [6, 6.07) is 15.3. The van der Waals surface area contributed by atoms with Gasteiger partial charge in [0, 0.05) is 16.2 Å². The molecule has 1 aromatic carbocycles. The third-order valence-corrected chi connectivity index (χ3v) is 4.92. The van der Waals surface area contributed by atoms with Crippen molar-refractivity contribution >= 4 is 29.9 Å². The van der Waals surface area contributed by atoms with Crippen molar-refractivity contribution < 1.29 is 15.0 Å². The third kappa shape index (κ3) is 3.23. The summed E-state index contributed by atoms with van der Waals surface area (Å²) < 4.78 is 0. The highest BCUT2D eigenvalue weighted by Crippen LogP contribution is 2.28. The van der Waals surface area contributed by atoms with E-state index in [0.29, 0.717) is 10.8 Å². The van der Waals surface area contributed by atoms with Crippen LogP contribution in [0.1, 0.15) is 10.3 Å². The summed E-state index contributed by atoms with van der Waals surface area (Å²) in [5, 5.41) is 21.2. The Bertz CT molecular complexity index is 938. The van der Waals surface area contributed by atoms with Gasteiger partial charge in [0.25, 0.3) is 0 Å². The number of thiol groups is 1. The number of phenolic OH excluding ortho intramolecular Hbond substituents is 1. The second-order valence-electron chi connectivity index (χ2n) is 4.91. The molecular weight excluding hydrogens is 330 g/mol. The topological polar surface area (TPSA) is 70.4 Å². The SMILES string of the molecule is O=C(O)C(S)c1nc(-c2ccccc2)cs1.Oc1cc2ccc1=2. The van der Waals surface area contributed by atoms with E-state index in [2.05, 4.69) is 17.6 Å². The van der Waals surface area contributed by atoms with Gasteiger partial charge in [-0.25, -0.2) is 4.98 Å². The second kappa shape index (κ2) is 6.44. The molecule has 1 aromatic heterocycles. The van der Waals surface area contributed by atoms with E-state index in [1.807, 2.05) is 47.8 Å². The molecule has 0 radical (unpaired) electrons. The molecule has 0 bridgehead atoms. The molecule has 4 nitrogen and oxygen atoms in total. The molecule has 0 amide bonds. The Balaban J connectivity index is 0.000000183. The van der Waals surface area contributed by atoms with Gasteiger partial charge in [0.15, 0.2) is 5.25 Å². The monoisotopic (exact) mass is 343 g/mol. The number of carboxylic acids is 1. The number of aromatic hydroxyl groups is 1. The van der Waals surface area contributed by atoms with E-state index in [0.717, 1.165) is 16.5 Å². The Labute approximate surface area is 141 Å². The number of hydrogen-bond donors (Lipinski definition) is 3. The fraction of sp³-hybridized carbons (Fsp3) is 0.0588. The van der Waals surface area contributed by atoms with E-state index in [9.17, 15) is 4.79 Å². The Morgan fingerprint density at radius 3 is 2.35 bits per heavy atom. The fourth-order valence-corrected chi connectivity index (χ4v) is 3.07. The molecule has 4 rings (SSSR count). The van der Waals surface area contributed by atoms with Crippen LogP contribution in [0.2, 0.25) is 0 Å². The lowest BCUT2D eigenvalue weighted by Gasteiger charge is -2.02. The van der Waals surface area contributed by atoms with E-state index in [4.69, 9.17) is 10.2 Å². The van der Waals surface area contributed by atoms with Crippen LogP contribution in [0.4, 0.5) is 0 Å². The molecule has 2 aromatic rings. The van der Waals surface area contributed by atoms with Crippen molar-refractivity contribution in [3.8, 4) is 17.0 Å². The lowest BCUT2D eigenvalue weighted by molar-refractivity contribution is -0.136. The Kier molecular flexibility index (Phi) is 4.36. The molecule has 23 heavy (non-hydrogen) atoms. The smallest absolute Gasteiger partial charge is 0.323 e. The first-order valence-electron chi connectivity index (χ1n) is 6.81. The largest absolute Gasteiger partial charge is 0.507 e. The summed E-state index contributed by atoms with van der Waals surface area (Å²) in [5.74, 6) is -0.533. The van der Waals surface area contributed by atoms with Crippen LogP contribution < -0.4 is 0 Å². The van der Waals surface area contributed by atoms with Crippen LogP contribution in [0.5, 0.6) is 5.75 Å². The lowest BCUT2D eigenvalue weighted by atomic mass is 10.1. The van der Waals surface area contributed by atoms with Gasteiger partial charge < -0.3 is 10.2 Å². The molecule has 1 unspecified atom stereocenters. The average Bonchev–Trinajstić information content (AvgIpc) is 3.02. The molecule has 1 heterocycles. The molecule has 1 atom stereocenters. The summed E-state index contributed by atoms with van der Waals surface area (Å²) in [6.45, 7) is 0. The molecular formula is C17H13NO3S2. The maximum absolute atomic E-state index is 10.7. The van der Waals surface area contributed by atoms with Gasteiger partial charge in [-0.1, -0.05) is 42.5 Å². The summed E-state index contributed by atoms with van der Waals surface area (Å²) in [7, 11) is 0. The first-order valence-corrected chi connectivity index (χ1v) is 8.21. The van der Waals surface area contributed by atoms with Gasteiger partial charge in [-0.2, -0.15) is 12.6 Å². The third-order valence-electron chi connectivity index (χ3n) is 3.37. The van der Waals surface area contributed by atoms with Gasteiger partial charge in [0.05, 0.1) is 5.69 Å². The molecule has 0 aliphatic heterocycles. The zero-order valence-electron chi connectivity index (χ0n) is 11.9. The van der Waals surface area contributed by atoms with Crippen LogP contribution in [0.15, 0.2) is 53.9 Å². The van der Waals surface area contributed by atoms with Crippen LogP contribution in [-0.2, 0) is 4.79 Å². The summed E-state index contributed by atoms with van der Waals surface area (Å²) in [6.07, 6.45) is 0. The number of hydrogen-bond acceptors (Lipinski definition) is 5. The van der Waals surface area contributed by atoms with E-state index < -0.39 is 11.2 Å². The molecule has 2 aliphatic carbocycles. The molecule has 2 N–H and O–H groups in total. The van der Waals surface area contributed by atoms with Crippen LogP contribution >= 0.6 is 24.0 Å². The fourth-order valence-electron chi connectivity index (χ4n) is 2.03. The average molecular weight is 343 g/mol. The lowest BCUT2D eigenvalue weighted by Crippen LogP contribution is -2.04. The number of aliphatic carboxylic acids is 1. The molecule has 6 heteroatoms. The normalized spacial score (nSPS) is 12.0. The molecule has 0 fully saturated rings. The molecule has 0 saturated carbocycles. The van der Waals surface area contributed by atoms with Crippen LogP contribution in [0.25, 0.3) is 11.3 Å². The minimum atomic E-state index is -0.975. The van der Waals surface area contributed by atoms with Crippen molar-refractivity contribution in [3.05, 3.63) is 69.4 Å². The van der Waals surface area contributed by atoms with Crippen molar-refractivity contribution in [1.29, 1.82) is 0 Å². The summed E-state index contributed by atoms with van der Waals surface area (Å²) >= 11 is 5.30. The maximum atomic E-state index is 10.7. The van der Waals surface area contributed by atoms with E-state index in [-0.39, 0.29) is 0 Å². The molecule has 0 saturated heterocycles. The first-order chi connectivity index (χ1) is 11.1. The highest BCUT2D eigenvalue weighted by molar-refractivity contribution is 7.81. The van der Waals surface area contributed by atoms with Gasteiger partial charge >= 0.3 is 5.97 Å². The van der Waals surface area contributed by atoms with Crippen molar-refractivity contribution in [2.45, 2.75) is 5.25 Å². The van der Waals surface area contributed by atoms with E-state index in [1.165, 1.54) is 16.6 Å². The number of rotatable bonds is 3. The van der Waals surface area contributed by atoms with Crippen molar-refractivity contribution in [3.63, 3.8) is 0 Å². The first kappa shape index (κ1) is 15.6. The minimum Gasteiger partial charge on any atom is -0.507 e. The number of thiazole rings is 1. The molecule has 116 valence electrons. The van der Waals surface area contributed by atoms with Crippen molar-refractivity contribution in [1.82, 2.24) is 4.98 Å². The van der Waals surface area contributed by atoms with Gasteiger partial charge in [-0.05, 0) is 11.3 Å². The number of phenols is 1. The standard InChI is InChI=1S/C11H9NO2S2.C6H4O/c13-11(14)9(15)10-12-8(6-16-10)7-4-2-1-3-5-7;7-6-3-4-1-2-5(4)6/h1-6,9,15H,(H,13,14);1-3,7H. The van der Waals surface area contributed by atoms with Crippen molar-refractivity contribution in [2.75, 3.05) is 0 Å². The number of aromatic nitrogens is 1. The number of carbonyl (C=O) groups is 1. The van der Waals surface area contributed by atoms with Crippen LogP contribution in [0.3, 0.4) is 0 Å². The Morgan fingerprint density at radius 1 is 1.17 bits per heavy atom. The molecule has 0 spiro atoms. The number of nitrogens with zero attached hydrogens (tertiary/aromatic N) is 1. The van der Waals surface area contributed by atoms with Crippen LogP contribution in [0, 0.1) is 10.4 Å². The quantitative estimate of drug-likeness (QED) is 0.494. The predicted molar refractivity (Wildman–Crippen MR) is 92.7 cm³/mol. The number of benzene rings is 2. The second-order valence-corrected chi connectivity index (χ2v) is 6.32. The summed E-state index contributed by atoms with van der Waals surface area (Å²) in [4.78, 5) is 15.0. The van der Waals surface area contributed by atoms with Crippen LogP contribution in [-0.4, -0.2) is 21.2 Å². The van der Waals surface area contributed by atoms with E-state index >= 15 is 0 Å². The maximum Gasteiger partial charge on any atom is 0.323 e. The van der Waals surface area contributed by atoms with Gasteiger partial charge in [-0.15, -0.1) is 11.3 Å². The minimum absolute atomic E-state index is 0.442. The van der Waals surface area contributed by atoms with E-state index in [1.54, 1.807) is 6.07 Å². The summed E-state index contributed by atoms with van der Waals surface area (Å²) in [5.41, 5.74) is 1.77. The zero-order valence-corrected chi connectivity index (χ0v) is 13.6. The number of carboxylic acid groups (broad SMARTS) is 1. The predicted octanol–water partition coefficient (Wildman–Crippen LogP) is 3.86. The van der Waals surface area contributed by atoms with Gasteiger partial charge in [-0.3, -0.25) is 4.79 Å².